The van der Waals surface area contributed by atoms with E-state index in [2.05, 4.69) is 0 Å². The Morgan fingerprint density at radius 1 is 1.05 bits per heavy atom. The Bertz CT molecular complexity index is 586. The summed E-state index contributed by atoms with van der Waals surface area (Å²) in [6.45, 7) is 6.22. The minimum Gasteiger partial charge on any atom is -0.508 e. The number of phenolic OH excluding ortho intramolecular Hbond substituents is 1. The molecule has 0 saturated heterocycles. The lowest BCUT2D eigenvalue weighted by atomic mass is 10.1. The predicted molar refractivity (Wildman–Crippen MR) is 77.5 cm³/mol. The SMILES string of the molecule is Cc1cc(OCc2c(C)cccc2N)c(C)cc1O. The van der Waals surface area contributed by atoms with Crippen molar-refractivity contribution in [3.8, 4) is 11.5 Å². The molecule has 0 radical (unpaired) electrons. The first-order valence-electron chi connectivity index (χ1n) is 6.26. The Kier molecular flexibility index (Phi) is 3.65. The van der Waals surface area contributed by atoms with Crippen LogP contribution in [0.1, 0.15) is 22.3 Å². The maximum Gasteiger partial charge on any atom is 0.123 e. The van der Waals surface area contributed by atoms with Crippen LogP contribution in [0.2, 0.25) is 0 Å². The molecule has 0 unspecified atom stereocenters. The number of ether oxygens (including phenoxy) is 1. The summed E-state index contributed by atoms with van der Waals surface area (Å²) in [4.78, 5) is 0. The maximum absolute atomic E-state index is 9.62. The number of nitrogens with two attached hydrogens (primary N) is 1. The fourth-order valence-electron chi connectivity index (χ4n) is 2.00. The molecule has 0 bridgehead atoms. The van der Waals surface area contributed by atoms with Gasteiger partial charge in [0.25, 0.3) is 0 Å². The zero-order valence-corrected chi connectivity index (χ0v) is 11.5. The summed E-state index contributed by atoms with van der Waals surface area (Å²) in [5.41, 5.74) is 10.5. The zero-order valence-electron chi connectivity index (χ0n) is 11.5. The largest absolute Gasteiger partial charge is 0.508 e. The first kappa shape index (κ1) is 13.3. The van der Waals surface area contributed by atoms with Crippen molar-refractivity contribution in [1.82, 2.24) is 0 Å². The van der Waals surface area contributed by atoms with Crippen molar-refractivity contribution >= 4 is 5.69 Å². The highest BCUT2D eigenvalue weighted by Gasteiger charge is 2.07. The Morgan fingerprint density at radius 3 is 2.47 bits per heavy atom. The van der Waals surface area contributed by atoms with Crippen LogP contribution in [0.25, 0.3) is 0 Å². The minimum absolute atomic E-state index is 0.292. The monoisotopic (exact) mass is 257 g/mol. The standard InChI is InChI=1S/C16H19NO2/c1-10-5-4-6-14(17)13(10)9-19-16-8-11(2)15(18)7-12(16)3/h4-8,18H,9,17H2,1-3H3. The van der Waals surface area contributed by atoms with Gasteiger partial charge in [0.15, 0.2) is 0 Å². The number of benzene rings is 2. The molecule has 0 fully saturated rings. The number of aryl methyl sites for hydroxylation is 3. The van der Waals surface area contributed by atoms with Gasteiger partial charge < -0.3 is 15.6 Å². The van der Waals surface area contributed by atoms with Crippen LogP contribution >= 0.6 is 0 Å². The van der Waals surface area contributed by atoms with Gasteiger partial charge in [0.1, 0.15) is 18.1 Å². The number of rotatable bonds is 3. The van der Waals surface area contributed by atoms with Gasteiger partial charge in [0, 0.05) is 11.3 Å². The van der Waals surface area contributed by atoms with E-state index in [0.29, 0.717) is 12.4 Å². The van der Waals surface area contributed by atoms with Crippen LogP contribution in [-0.2, 0) is 6.61 Å². The van der Waals surface area contributed by atoms with Crippen LogP contribution in [0.15, 0.2) is 30.3 Å². The molecule has 0 spiro atoms. The van der Waals surface area contributed by atoms with Crippen LogP contribution in [0.3, 0.4) is 0 Å². The van der Waals surface area contributed by atoms with Crippen LogP contribution < -0.4 is 10.5 Å². The highest BCUT2D eigenvalue weighted by Crippen LogP contribution is 2.28. The summed E-state index contributed by atoms with van der Waals surface area (Å²) < 4.78 is 5.83. The average molecular weight is 257 g/mol. The molecular formula is C16H19NO2. The molecule has 2 rings (SSSR count). The molecule has 0 aliphatic carbocycles. The molecular weight excluding hydrogens is 238 g/mol. The molecule has 100 valence electrons. The van der Waals surface area contributed by atoms with E-state index >= 15 is 0 Å². The molecule has 19 heavy (non-hydrogen) atoms. The van der Waals surface area contributed by atoms with Crippen molar-refractivity contribution in [3.63, 3.8) is 0 Å². The lowest BCUT2D eigenvalue weighted by Gasteiger charge is -2.14. The van der Waals surface area contributed by atoms with Gasteiger partial charge >= 0.3 is 0 Å². The number of phenols is 1. The molecule has 3 nitrogen and oxygen atoms in total. The van der Waals surface area contributed by atoms with Crippen molar-refractivity contribution in [1.29, 1.82) is 0 Å². The molecule has 3 N–H and O–H groups in total. The Morgan fingerprint density at radius 2 is 1.79 bits per heavy atom. The van der Waals surface area contributed by atoms with E-state index in [1.54, 1.807) is 6.07 Å². The first-order chi connectivity index (χ1) is 8.99. The third-order valence-electron chi connectivity index (χ3n) is 3.31. The van der Waals surface area contributed by atoms with Crippen LogP contribution in [0, 0.1) is 20.8 Å². The molecule has 0 aliphatic rings. The second-order valence-electron chi connectivity index (χ2n) is 4.84. The smallest absolute Gasteiger partial charge is 0.123 e. The molecule has 0 aromatic heterocycles. The van der Waals surface area contributed by atoms with Crippen LogP contribution in [0.4, 0.5) is 5.69 Å². The third-order valence-corrected chi connectivity index (χ3v) is 3.31. The lowest BCUT2D eigenvalue weighted by molar-refractivity contribution is 0.303. The summed E-state index contributed by atoms with van der Waals surface area (Å²) in [5, 5.41) is 9.62. The quantitative estimate of drug-likeness (QED) is 0.828. The van der Waals surface area contributed by atoms with Crippen molar-refractivity contribution in [3.05, 3.63) is 52.6 Å². The van der Waals surface area contributed by atoms with Gasteiger partial charge in [-0.1, -0.05) is 12.1 Å². The third kappa shape index (κ3) is 2.81. The Balaban J connectivity index is 2.22. The second kappa shape index (κ2) is 5.22. The fraction of sp³-hybridized carbons (Fsp3) is 0.250. The zero-order chi connectivity index (χ0) is 14.0. The average Bonchev–Trinajstić information content (AvgIpc) is 2.34. The molecule has 0 aliphatic heterocycles. The van der Waals surface area contributed by atoms with Crippen LogP contribution in [-0.4, -0.2) is 5.11 Å². The summed E-state index contributed by atoms with van der Waals surface area (Å²) in [7, 11) is 0. The topological polar surface area (TPSA) is 55.5 Å². The van der Waals surface area contributed by atoms with Crippen molar-refractivity contribution in [2.45, 2.75) is 27.4 Å². The summed E-state index contributed by atoms with van der Waals surface area (Å²) in [5.74, 6) is 1.07. The molecule has 3 heteroatoms. The first-order valence-corrected chi connectivity index (χ1v) is 6.26. The van der Waals surface area contributed by atoms with Gasteiger partial charge in [-0.15, -0.1) is 0 Å². The van der Waals surface area contributed by atoms with E-state index in [-0.39, 0.29) is 0 Å². The fourth-order valence-corrected chi connectivity index (χ4v) is 2.00. The van der Waals surface area contributed by atoms with E-state index in [1.807, 2.05) is 45.0 Å². The number of nitrogen functional groups attached to an aromatic ring is 1. The summed E-state index contributed by atoms with van der Waals surface area (Å²) >= 11 is 0. The van der Waals surface area contributed by atoms with E-state index < -0.39 is 0 Å². The maximum atomic E-state index is 9.62. The number of anilines is 1. The van der Waals surface area contributed by atoms with E-state index in [9.17, 15) is 5.11 Å². The highest BCUT2D eigenvalue weighted by molar-refractivity contribution is 5.51. The van der Waals surface area contributed by atoms with Crippen LogP contribution in [0.5, 0.6) is 11.5 Å². The van der Waals surface area contributed by atoms with Crippen molar-refractivity contribution in [2.24, 2.45) is 0 Å². The summed E-state index contributed by atoms with van der Waals surface area (Å²) in [6.07, 6.45) is 0. The van der Waals surface area contributed by atoms with Gasteiger partial charge in [-0.25, -0.2) is 0 Å². The van der Waals surface area contributed by atoms with Gasteiger partial charge in [0.2, 0.25) is 0 Å². The Hall–Kier alpha value is -2.16. The van der Waals surface area contributed by atoms with Gasteiger partial charge in [0.05, 0.1) is 0 Å². The van der Waals surface area contributed by atoms with Gasteiger partial charge in [-0.05, 0) is 55.7 Å². The van der Waals surface area contributed by atoms with E-state index in [4.69, 9.17) is 10.5 Å². The minimum atomic E-state index is 0.292. The van der Waals surface area contributed by atoms with E-state index in [1.165, 1.54) is 0 Å². The molecule has 2 aromatic rings. The molecule has 2 aromatic carbocycles. The molecule has 0 heterocycles. The summed E-state index contributed by atoms with van der Waals surface area (Å²) in [6, 6.07) is 9.39. The predicted octanol–water partition coefficient (Wildman–Crippen LogP) is 3.48. The van der Waals surface area contributed by atoms with Crippen molar-refractivity contribution < 1.29 is 9.84 Å². The lowest BCUT2D eigenvalue weighted by Crippen LogP contribution is -2.03. The second-order valence-corrected chi connectivity index (χ2v) is 4.84. The van der Waals surface area contributed by atoms with Gasteiger partial charge in [-0.3, -0.25) is 0 Å². The number of hydrogen-bond acceptors (Lipinski definition) is 3. The normalized spacial score (nSPS) is 10.5. The number of hydrogen-bond donors (Lipinski definition) is 2. The van der Waals surface area contributed by atoms with E-state index in [0.717, 1.165) is 33.7 Å². The molecule has 0 amide bonds. The molecule has 0 atom stereocenters. The highest BCUT2D eigenvalue weighted by atomic mass is 16.5. The van der Waals surface area contributed by atoms with Crippen molar-refractivity contribution in [2.75, 3.05) is 5.73 Å². The number of aromatic hydroxyl groups is 1. The molecule has 0 saturated carbocycles. The Labute approximate surface area is 113 Å². The van der Waals surface area contributed by atoms with Gasteiger partial charge in [-0.2, -0.15) is 0 Å².